The summed E-state index contributed by atoms with van der Waals surface area (Å²) in [6, 6.07) is 37.9. The number of hydrogen-bond acceptors (Lipinski definition) is 2. The van der Waals surface area contributed by atoms with Crippen LogP contribution in [0, 0.1) is 13.8 Å². The van der Waals surface area contributed by atoms with E-state index in [0.717, 1.165) is 33.3 Å². The molecule has 0 spiro atoms. The average Bonchev–Trinajstić information content (AvgIpc) is 3.42. The summed E-state index contributed by atoms with van der Waals surface area (Å²) in [5, 5.41) is 2.14. The molecule has 0 amide bonds. The third-order valence-electron chi connectivity index (χ3n) is 10.0. The van der Waals surface area contributed by atoms with Gasteiger partial charge in [-0.3, -0.25) is 0 Å². The fourth-order valence-corrected chi connectivity index (χ4v) is 7.58. The number of nitrogens with zero attached hydrogens (tertiary/aromatic N) is 3. The summed E-state index contributed by atoms with van der Waals surface area (Å²) < 4.78 is 11.5. The van der Waals surface area contributed by atoms with Crippen LogP contribution in [-0.4, -0.2) is 4.98 Å². The van der Waals surface area contributed by atoms with Gasteiger partial charge in [0.15, 0.2) is 24.0 Å². The maximum Gasteiger partial charge on any atom is 0.227 e. The normalized spacial score (nSPS) is 16.6. The van der Waals surface area contributed by atoms with Gasteiger partial charge in [0.2, 0.25) is 22.8 Å². The molecule has 222 valence electrons. The summed E-state index contributed by atoms with van der Waals surface area (Å²) in [5.74, 6) is 0.725. The van der Waals surface area contributed by atoms with Crippen molar-refractivity contribution >= 4 is 27.8 Å². The molecule has 1 unspecified atom stereocenters. The van der Waals surface area contributed by atoms with Gasteiger partial charge in [-0.15, -0.1) is 0 Å². The molecule has 46 heavy (non-hydrogen) atoms. The number of allylic oxidation sites excluding steroid dienone is 2. The molecule has 0 saturated carbocycles. The molecule has 0 N–H and O–H groups in total. The Bertz CT molecular complexity index is 2380. The maximum absolute atomic E-state index is 6.64. The Kier molecular flexibility index (Phi) is 5.92. The number of aromatic nitrogens is 3. The van der Waals surface area contributed by atoms with Crippen molar-refractivity contribution in [1.82, 2.24) is 4.98 Å². The standard InChI is InChI=1S/C42H35N3O/c1-25(2)28-14-16-29(17-15-28)30-20-22-45(38-24-37-40(38)32-10-6-5-9-31(32)35-11-7-8-21-44(35)37)36(23-30)39-26(3)12-18-33-34-19-13-27(4)43-42(34)46-41(33)39/h5-25,37,40H,1-4H3/q+2/t37-,40?/m0/s1. The van der Waals surface area contributed by atoms with E-state index in [-0.39, 0.29) is 12.0 Å². The number of rotatable bonds is 4. The predicted octanol–water partition coefficient (Wildman–Crippen LogP) is 9.49. The minimum atomic E-state index is 0.232. The molecule has 4 heteroatoms. The lowest BCUT2D eigenvalue weighted by atomic mass is 9.73. The summed E-state index contributed by atoms with van der Waals surface area (Å²) in [6.45, 7) is 8.68. The summed E-state index contributed by atoms with van der Waals surface area (Å²) in [7, 11) is 0. The Morgan fingerprint density at radius 1 is 0.739 bits per heavy atom. The Morgan fingerprint density at radius 3 is 2.39 bits per heavy atom. The van der Waals surface area contributed by atoms with Crippen LogP contribution in [0.3, 0.4) is 0 Å². The smallest absolute Gasteiger partial charge is 0.227 e. The van der Waals surface area contributed by atoms with Crippen molar-refractivity contribution in [1.29, 1.82) is 0 Å². The molecule has 2 aliphatic rings. The van der Waals surface area contributed by atoms with E-state index in [4.69, 9.17) is 9.40 Å². The van der Waals surface area contributed by atoms with Crippen LogP contribution in [-0.2, 0) is 0 Å². The van der Waals surface area contributed by atoms with Gasteiger partial charge in [0, 0.05) is 40.7 Å². The lowest BCUT2D eigenvalue weighted by Gasteiger charge is -2.34. The second-order valence-electron chi connectivity index (χ2n) is 13.1. The Hall–Kier alpha value is -5.35. The molecular weight excluding hydrogens is 562 g/mol. The zero-order chi connectivity index (χ0) is 31.1. The first-order chi connectivity index (χ1) is 22.5. The van der Waals surface area contributed by atoms with Crippen molar-refractivity contribution < 1.29 is 13.6 Å². The zero-order valence-electron chi connectivity index (χ0n) is 26.5. The SMILES string of the molecule is Cc1ccc2c(n1)oc1c(-c3cc(-c4ccc(C(C)C)cc4)cc[n+]3C3=C[C@H]4C3c3ccccc3-c3cccc[n+]34)c(C)ccc12. The highest BCUT2D eigenvalue weighted by Gasteiger charge is 2.52. The van der Waals surface area contributed by atoms with Crippen LogP contribution >= 0.6 is 0 Å². The van der Waals surface area contributed by atoms with E-state index in [1.54, 1.807) is 0 Å². The predicted molar refractivity (Wildman–Crippen MR) is 184 cm³/mol. The third-order valence-corrected chi connectivity index (χ3v) is 10.0. The van der Waals surface area contributed by atoms with Crippen LogP contribution in [0.5, 0.6) is 0 Å². The second-order valence-corrected chi connectivity index (χ2v) is 13.1. The minimum absolute atomic E-state index is 0.232. The Balaban J connectivity index is 1.29. The lowest BCUT2D eigenvalue weighted by molar-refractivity contribution is -0.715. The molecule has 3 aromatic carbocycles. The van der Waals surface area contributed by atoms with Gasteiger partial charge in [0.1, 0.15) is 5.92 Å². The van der Waals surface area contributed by atoms with Crippen LogP contribution in [0.25, 0.3) is 61.4 Å². The molecule has 9 rings (SSSR count). The van der Waals surface area contributed by atoms with E-state index < -0.39 is 0 Å². The van der Waals surface area contributed by atoms with Crippen molar-refractivity contribution in [2.75, 3.05) is 0 Å². The molecular formula is C42H35N3O+2. The molecule has 4 aromatic heterocycles. The zero-order valence-corrected chi connectivity index (χ0v) is 26.5. The Morgan fingerprint density at radius 2 is 1.54 bits per heavy atom. The van der Waals surface area contributed by atoms with Crippen LogP contribution in [0.2, 0.25) is 0 Å². The van der Waals surface area contributed by atoms with Crippen molar-refractivity contribution in [3.05, 3.63) is 144 Å². The fourth-order valence-electron chi connectivity index (χ4n) is 7.58. The number of furan rings is 1. The van der Waals surface area contributed by atoms with Crippen LogP contribution < -0.4 is 9.13 Å². The Labute approximate surface area is 268 Å². The average molecular weight is 598 g/mol. The highest BCUT2D eigenvalue weighted by atomic mass is 16.3. The topological polar surface area (TPSA) is 33.8 Å². The number of pyridine rings is 3. The van der Waals surface area contributed by atoms with Crippen molar-refractivity contribution in [3.8, 4) is 33.6 Å². The van der Waals surface area contributed by atoms with Gasteiger partial charge in [0.05, 0.1) is 17.2 Å². The summed E-state index contributed by atoms with van der Waals surface area (Å²) >= 11 is 0. The highest BCUT2D eigenvalue weighted by molar-refractivity contribution is 6.09. The summed E-state index contributed by atoms with van der Waals surface area (Å²) in [5.41, 5.74) is 14.9. The monoisotopic (exact) mass is 597 g/mol. The molecule has 0 radical (unpaired) electrons. The van der Waals surface area contributed by atoms with Crippen molar-refractivity contribution in [2.45, 2.75) is 45.6 Å². The van der Waals surface area contributed by atoms with Gasteiger partial charge in [-0.25, -0.2) is 4.98 Å². The third kappa shape index (κ3) is 3.96. The molecule has 0 bridgehead atoms. The quantitative estimate of drug-likeness (QED) is 0.189. The van der Waals surface area contributed by atoms with Gasteiger partial charge in [0.25, 0.3) is 0 Å². The fraction of sp³-hybridized carbons (Fsp3) is 0.167. The largest absolute Gasteiger partial charge is 0.437 e. The van der Waals surface area contributed by atoms with E-state index in [9.17, 15) is 0 Å². The number of hydrogen-bond donors (Lipinski definition) is 0. The van der Waals surface area contributed by atoms with Crippen LogP contribution in [0.15, 0.2) is 126 Å². The van der Waals surface area contributed by atoms with Crippen LogP contribution in [0.1, 0.15) is 54.1 Å². The first-order valence-corrected chi connectivity index (χ1v) is 16.2. The number of benzene rings is 3. The molecule has 0 saturated heterocycles. The second kappa shape index (κ2) is 10.1. The highest BCUT2D eigenvalue weighted by Crippen LogP contribution is 2.50. The lowest BCUT2D eigenvalue weighted by Crippen LogP contribution is -2.55. The van der Waals surface area contributed by atoms with Gasteiger partial charge in [-0.2, -0.15) is 9.13 Å². The molecule has 7 aromatic rings. The maximum atomic E-state index is 6.64. The molecule has 4 nitrogen and oxygen atoms in total. The molecule has 1 aliphatic carbocycles. The minimum Gasteiger partial charge on any atom is -0.437 e. The van der Waals surface area contributed by atoms with E-state index in [2.05, 4.69) is 152 Å². The summed E-state index contributed by atoms with van der Waals surface area (Å²) in [4.78, 5) is 4.76. The first-order valence-electron chi connectivity index (χ1n) is 16.2. The molecule has 5 heterocycles. The molecule has 0 fully saturated rings. The molecule has 2 atom stereocenters. The van der Waals surface area contributed by atoms with Crippen molar-refractivity contribution in [3.63, 3.8) is 0 Å². The number of fused-ring (bicyclic) bond motifs is 9. The first kappa shape index (κ1) is 27.0. The molecule has 1 aliphatic heterocycles. The van der Waals surface area contributed by atoms with E-state index in [1.807, 2.05) is 6.92 Å². The van der Waals surface area contributed by atoms with Crippen LogP contribution in [0.4, 0.5) is 0 Å². The summed E-state index contributed by atoms with van der Waals surface area (Å²) in [6.07, 6.45) is 6.92. The van der Waals surface area contributed by atoms with Crippen molar-refractivity contribution in [2.24, 2.45) is 0 Å². The van der Waals surface area contributed by atoms with E-state index in [1.165, 1.54) is 44.8 Å². The van der Waals surface area contributed by atoms with Gasteiger partial charge >= 0.3 is 0 Å². The van der Waals surface area contributed by atoms with E-state index in [0.29, 0.717) is 11.6 Å². The number of aryl methyl sites for hydroxylation is 2. The van der Waals surface area contributed by atoms with Gasteiger partial charge in [-0.05, 0) is 71.8 Å². The van der Waals surface area contributed by atoms with Gasteiger partial charge in [-0.1, -0.05) is 68.4 Å². The van der Waals surface area contributed by atoms with Gasteiger partial charge < -0.3 is 4.42 Å². The van der Waals surface area contributed by atoms with E-state index >= 15 is 0 Å².